The van der Waals surface area contributed by atoms with E-state index >= 15 is 0 Å². The van der Waals surface area contributed by atoms with Crippen molar-refractivity contribution in [1.29, 1.82) is 0 Å². The normalized spacial score (nSPS) is 12.0. The molecule has 1 rings (SSSR count). The van der Waals surface area contributed by atoms with Gasteiger partial charge in [-0.3, -0.25) is 4.79 Å². The van der Waals surface area contributed by atoms with Crippen molar-refractivity contribution in [3.8, 4) is 5.75 Å². The fourth-order valence-electron chi connectivity index (χ4n) is 1.86. The van der Waals surface area contributed by atoms with E-state index in [1.54, 1.807) is 11.8 Å². The van der Waals surface area contributed by atoms with Crippen LogP contribution in [0.1, 0.15) is 31.4 Å². The lowest BCUT2D eigenvalue weighted by molar-refractivity contribution is -0.120. The summed E-state index contributed by atoms with van der Waals surface area (Å²) in [6.45, 7) is 9.47. The first kappa shape index (κ1) is 16.9. The predicted molar refractivity (Wildman–Crippen MR) is 86.6 cm³/mol. The maximum atomic E-state index is 11.7. The number of carbonyl (C=O) groups is 1. The van der Waals surface area contributed by atoms with Gasteiger partial charge >= 0.3 is 0 Å². The zero-order chi connectivity index (χ0) is 15.0. The van der Waals surface area contributed by atoms with E-state index < -0.39 is 0 Å². The summed E-state index contributed by atoms with van der Waals surface area (Å²) >= 11 is 1.63. The van der Waals surface area contributed by atoms with Crippen molar-refractivity contribution in [1.82, 2.24) is 5.32 Å². The molecule has 0 fully saturated rings. The third-order valence-electron chi connectivity index (χ3n) is 3.02. The molecule has 3 nitrogen and oxygen atoms in total. The minimum atomic E-state index is -0.0249. The number of hydrogen-bond donors (Lipinski definition) is 1. The van der Waals surface area contributed by atoms with Gasteiger partial charge in [0.15, 0.2) is 0 Å². The molecule has 20 heavy (non-hydrogen) atoms. The lowest BCUT2D eigenvalue weighted by atomic mass is 10.1. The Morgan fingerprint density at radius 1 is 1.35 bits per heavy atom. The number of nitrogens with one attached hydrogen (secondary N) is 1. The number of hydrogen-bond acceptors (Lipinski definition) is 3. The largest absolute Gasteiger partial charge is 0.492 e. The maximum Gasteiger partial charge on any atom is 0.232 e. The molecule has 0 saturated heterocycles. The second-order valence-corrected chi connectivity index (χ2v) is 6.32. The highest BCUT2D eigenvalue weighted by Crippen LogP contribution is 2.22. The van der Waals surface area contributed by atoms with E-state index in [1.807, 2.05) is 13.0 Å². The van der Waals surface area contributed by atoms with Gasteiger partial charge in [-0.2, -0.15) is 0 Å². The Balaban J connectivity index is 2.29. The van der Waals surface area contributed by atoms with Gasteiger partial charge in [0.25, 0.3) is 0 Å². The molecule has 0 spiro atoms. The van der Waals surface area contributed by atoms with Crippen LogP contribution in [0.5, 0.6) is 5.75 Å². The minimum Gasteiger partial charge on any atom is -0.492 e. The molecule has 112 valence electrons. The highest BCUT2D eigenvalue weighted by Gasteiger charge is 2.12. The third-order valence-corrected chi connectivity index (χ3v) is 4.14. The third kappa shape index (κ3) is 5.45. The number of para-hydroxylation sites is 1. The number of aryl methyl sites for hydroxylation is 2. The number of benzene rings is 1. The average Bonchev–Trinajstić information content (AvgIpc) is 2.43. The van der Waals surface area contributed by atoms with Gasteiger partial charge in [0.05, 0.1) is 11.9 Å². The Morgan fingerprint density at radius 3 is 2.60 bits per heavy atom. The molecule has 0 bridgehead atoms. The highest BCUT2D eigenvalue weighted by molar-refractivity contribution is 8.00. The first-order chi connectivity index (χ1) is 9.56. The number of thioether (sulfide) groups is 1. The fraction of sp³-hybridized carbons (Fsp3) is 0.562. The van der Waals surface area contributed by atoms with Gasteiger partial charge in [0.1, 0.15) is 5.75 Å². The van der Waals surface area contributed by atoms with Crippen LogP contribution in [-0.4, -0.2) is 30.1 Å². The minimum absolute atomic E-state index is 0.0249. The second kappa shape index (κ2) is 8.90. The van der Waals surface area contributed by atoms with Gasteiger partial charge in [0.2, 0.25) is 5.91 Å². The van der Waals surface area contributed by atoms with E-state index in [4.69, 9.17) is 4.74 Å². The Hall–Kier alpha value is -1.16. The predicted octanol–water partition coefficient (Wildman–Crippen LogP) is 3.33. The van der Waals surface area contributed by atoms with Crippen LogP contribution in [0.4, 0.5) is 0 Å². The molecule has 4 heteroatoms. The van der Waals surface area contributed by atoms with E-state index in [9.17, 15) is 4.79 Å². The van der Waals surface area contributed by atoms with Crippen molar-refractivity contribution < 1.29 is 9.53 Å². The van der Waals surface area contributed by atoms with Gasteiger partial charge in [-0.1, -0.05) is 25.1 Å². The topological polar surface area (TPSA) is 38.3 Å². The van der Waals surface area contributed by atoms with Crippen LogP contribution in [-0.2, 0) is 4.79 Å². The second-order valence-electron chi connectivity index (χ2n) is 4.87. The summed E-state index contributed by atoms with van der Waals surface area (Å²) in [5.74, 6) is 1.90. The van der Waals surface area contributed by atoms with Crippen molar-refractivity contribution in [2.45, 2.75) is 39.4 Å². The fourth-order valence-corrected chi connectivity index (χ4v) is 2.63. The monoisotopic (exact) mass is 295 g/mol. The molecule has 1 amide bonds. The van der Waals surface area contributed by atoms with Crippen molar-refractivity contribution >= 4 is 17.7 Å². The molecule has 0 aliphatic carbocycles. The van der Waals surface area contributed by atoms with Crippen LogP contribution in [0.2, 0.25) is 0 Å². The van der Waals surface area contributed by atoms with Crippen LogP contribution in [0, 0.1) is 13.8 Å². The highest BCUT2D eigenvalue weighted by atomic mass is 32.2. The smallest absolute Gasteiger partial charge is 0.232 e. The van der Waals surface area contributed by atoms with E-state index in [2.05, 4.69) is 38.2 Å². The standard InChI is InChI=1S/C16H25NO2S/c1-5-9-17-16(18)14(4)20-11-10-19-15-12(2)7-6-8-13(15)3/h6-8,14H,5,9-11H2,1-4H3,(H,17,18). The van der Waals surface area contributed by atoms with E-state index in [-0.39, 0.29) is 11.2 Å². The van der Waals surface area contributed by atoms with Gasteiger partial charge in [-0.15, -0.1) is 11.8 Å². The van der Waals surface area contributed by atoms with Crippen LogP contribution in [0.25, 0.3) is 0 Å². The first-order valence-corrected chi connectivity index (χ1v) is 8.19. The number of rotatable bonds is 8. The van der Waals surface area contributed by atoms with Crippen LogP contribution in [0.15, 0.2) is 18.2 Å². The summed E-state index contributed by atoms with van der Waals surface area (Å²) in [5.41, 5.74) is 2.31. The lowest BCUT2D eigenvalue weighted by Gasteiger charge is -2.14. The Labute approximate surface area is 126 Å². The zero-order valence-electron chi connectivity index (χ0n) is 12.9. The Morgan fingerprint density at radius 2 is 2.00 bits per heavy atom. The quantitative estimate of drug-likeness (QED) is 0.748. The Kier molecular flexibility index (Phi) is 7.52. The van der Waals surface area contributed by atoms with Crippen molar-refractivity contribution in [2.75, 3.05) is 18.9 Å². The summed E-state index contributed by atoms with van der Waals surface area (Å²) in [6.07, 6.45) is 0.971. The van der Waals surface area contributed by atoms with Crippen molar-refractivity contribution in [2.24, 2.45) is 0 Å². The van der Waals surface area contributed by atoms with E-state index in [1.165, 1.54) is 0 Å². The van der Waals surface area contributed by atoms with Crippen molar-refractivity contribution in [3.05, 3.63) is 29.3 Å². The van der Waals surface area contributed by atoms with Crippen LogP contribution in [0.3, 0.4) is 0 Å². The lowest BCUT2D eigenvalue weighted by Crippen LogP contribution is -2.31. The summed E-state index contributed by atoms with van der Waals surface area (Å²) in [5, 5.41) is 2.88. The zero-order valence-corrected chi connectivity index (χ0v) is 13.7. The molecule has 1 N–H and O–H groups in total. The number of amides is 1. The molecular weight excluding hydrogens is 270 g/mol. The van der Waals surface area contributed by atoms with Gasteiger partial charge in [0, 0.05) is 12.3 Å². The molecule has 0 radical (unpaired) electrons. The van der Waals surface area contributed by atoms with Gasteiger partial charge in [-0.25, -0.2) is 0 Å². The van der Waals surface area contributed by atoms with Crippen molar-refractivity contribution in [3.63, 3.8) is 0 Å². The maximum absolute atomic E-state index is 11.7. The summed E-state index contributed by atoms with van der Waals surface area (Å²) in [4.78, 5) is 11.7. The molecule has 1 aromatic carbocycles. The molecule has 1 aromatic rings. The molecule has 0 saturated carbocycles. The summed E-state index contributed by atoms with van der Waals surface area (Å²) < 4.78 is 5.83. The Bertz CT molecular complexity index is 414. The van der Waals surface area contributed by atoms with E-state index in [0.29, 0.717) is 6.61 Å². The SMILES string of the molecule is CCCNC(=O)C(C)SCCOc1c(C)cccc1C. The van der Waals surface area contributed by atoms with Gasteiger partial charge in [-0.05, 0) is 38.3 Å². The van der Waals surface area contributed by atoms with Gasteiger partial charge < -0.3 is 10.1 Å². The molecule has 1 atom stereocenters. The molecular formula is C16H25NO2S. The number of carbonyl (C=O) groups excluding carboxylic acids is 1. The average molecular weight is 295 g/mol. The molecule has 1 unspecified atom stereocenters. The first-order valence-electron chi connectivity index (χ1n) is 7.14. The molecule has 0 aliphatic heterocycles. The molecule has 0 aromatic heterocycles. The molecule has 0 aliphatic rings. The summed E-state index contributed by atoms with van der Waals surface area (Å²) in [6, 6.07) is 6.14. The number of ether oxygens (including phenoxy) is 1. The van der Waals surface area contributed by atoms with Crippen LogP contribution >= 0.6 is 11.8 Å². The summed E-state index contributed by atoms with van der Waals surface area (Å²) in [7, 11) is 0. The van der Waals surface area contributed by atoms with E-state index in [0.717, 1.165) is 35.6 Å². The van der Waals surface area contributed by atoms with Crippen LogP contribution < -0.4 is 10.1 Å². The molecule has 0 heterocycles.